The van der Waals surface area contributed by atoms with Gasteiger partial charge in [0, 0.05) is 24.1 Å². The first-order valence-corrected chi connectivity index (χ1v) is 12.0. The summed E-state index contributed by atoms with van der Waals surface area (Å²) in [7, 11) is 0. The summed E-state index contributed by atoms with van der Waals surface area (Å²) in [4.78, 5) is 12.7. The molecule has 5 heteroatoms. The number of ether oxygens (including phenoxy) is 2. The summed E-state index contributed by atoms with van der Waals surface area (Å²) in [6, 6.07) is 33.2. The molecule has 34 heavy (non-hydrogen) atoms. The Kier molecular flexibility index (Phi) is 8.36. The van der Waals surface area contributed by atoms with E-state index in [-0.39, 0.29) is 5.91 Å². The predicted octanol–water partition coefficient (Wildman–Crippen LogP) is 6.94. The second-order valence-corrected chi connectivity index (χ2v) is 8.65. The average Bonchev–Trinajstić information content (AvgIpc) is 2.87. The van der Waals surface area contributed by atoms with Crippen LogP contribution >= 0.6 is 15.9 Å². The molecule has 0 saturated carbocycles. The zero-order valence-electron chi connectivity index (χ0n) is 18.7. The van der Waals surface area contributed by atoms with Gasteiger partial charge in [-0.3, -0.25) is 4.79 Å². The fourth-order valence-corrected chi connectivity index (χ4v) is 3.95. The van der Waals surface area contributed by atoms with E-state index in [1.165, 1.54) is 11.1 Å². The van der Waals surface area contributed by atoms with Crippen molar-refractivity contribution in [1.82, 2.24) is 0 Å². The minimum absolute atomic E-state index is 0.186. The molecular weight excluding hydrogens is 490 g/mol. The molecule has 1 amide bonds. The Labute approximate surface area is 208 Å². The molecule has 0 aliphatic rings. The number of rotatable bonds is 10. The van der Waals surface area contributed by atoms with E-state index < -0.39 is 0 Å². The molecule has 0 fully saturated rings. The molecule has 172 valence electrons. The largest absolute Gasteiger partial charge is 0.493 e. The van der Waals surface area contributed by atoms with Gasteiger partial charge in [0.1, 0.15) is 11.5 Å². The lowest BCUT2D eigenvalue weighted by Gasteiger charge is -2.11. The van der Waals surface area contributed by atoms with Crippen molar-refractivity contribution < 1.29 is 14.3 Å². The maximum atomic E-state index is 12.7. The van der Waals surface area contributed by atoms with Crippen molar-refractivity contribution >= 4 is 27.5 Å². The predicted molar refractivity (Wildman–Crippen MR) is 140 cm³/mol. The molecule has 1 N–H and O–H groups in total. The number of amides is 1. The highest BCUT2D eigenvalue weighted by atomic mass is 79.9. The Balaban J connectivity index is 1.26. The second kappa shape index (κ2) is 12.1. The van der Waals surface area contributed by atoms with Crippen LogP contribution in [0.15, 0.2) is 108 Å². The van der Waals surface area contributed by atoms with Gasteiger partial charge in [0.25, 0.3) is 5.91 Å². The van der Waals surface area contributed by atoms with Crippen molar-refractivity contribution in [3.63, 3.8) is 0 Å². The number of benzene rings is 4. The highest BCUT2D eigenvalue weighted by Gasteiger charge is 2.10. The van der Waals surface area contributed by atoms with E-state index in [1.54, 1.807) is 12.1 Å². The van der Waals surface area contributed by atoms with E-state index in [4.69, 9.17) is 9.47 Å². The van der Waals surface area contributed by atoms with E-state index in [0.717, 1.165) is 23.1 Å². The number of carbonyl (C=O) groups excluding carboxylic acids is 1. The highest BCUT2D eigenvalue weighted by Crippen LogP contribution is 2.27. The van der Waals surface area contributed by atoms with Gasteiger partial charge in [0.15, 0.2) is 0 Å². The van der Waals surface area contributed by atoms with Crippen LogP contribution < -0.4 is 14.8 Å². The van der Waals surface area contributed by atoms with Crippen LogP contribution in [0.1, 0.15) is 21.5 Å². The lowest BCUT2D eigenvalue weighted by atomic mass is 10.1. The number of hydrogen-bond acceptors (Lipinski definition) is 3. The van der Waals surface area contributed by atoms with Gasteiger partial charge in [-0.1, -0.05) is 60.7 Å². The quantitative estimate of drug-likeness (QED) is 0.248. The maximum Gasteiger partial charge on any atom is 0.255 e. The lowest BCUT2D eigenvalue weighted by Crippen LogP contribution is -2.12. The molecule has 0 saturated heterocycles. The molecule has 0 radical (unpaired) electrons. The Bertz CT molecular complexity index is 1200. The number of anilines is 1. The average molecular weight is 516 g/mol. The summed E-state index contributed by atoms with van der Waals surface area (Å²) in [5, 5.41) is 2.92. The molecule has 0 unspecified atom stereocenters. The Morgan fingerprint density at radius 2 is 1.29 bits per heavy atom. The smallest absolute Gasteiger partial charge is 0.255 e. The van der Waals surface area contributed by atoms with Gasteiger partial charge in [0.05, 0.1) is 17.7 Å². The van der Waals surface area contributed by atoms with Crippen LogP contribution in [0.2, 0.25) is 0 Å². The third-order valence-electron chi connectivity index (χ3n) is 5.30. The van der Waals surface area contributed by atoms with Crippen LogP contribution in [0.4, 0.5) is 5.69 Å². The van der Waals surface area contributed by atoms with Crippen molar-refractivity contribution in [2.24, 2.45) is 0 Å². The molecule has 0 aliphatic carbocycles. The van der Waals surface area contributed by atoms with Crippen LogP contribution in [0, 0.1) is 0 Å². The van der Waals surface area contributed by atoms with E-state index in [9.17, 15) is 4.79 Å². The molecule has 4 rings (SSSR count). The molecule has 0 spiro atoms. The minimum Gasteiger partial charge on any atom is -0.493 e. The van der Waals surface area contributed by atoms with Gasteiger partial charge >= 0.3 is 0 Å². The fraction of sp³-hybridized carbons (Fsp3) is 0.138. The molecule has 0 aromatic heterocycles. The zero-order valence-corrected chi connectivity index (χ0v) is 20.3. The molecular formula is C29H26BrNO3. The maximum absolute atomic E-state index is 12.7. The van der Waals surface area contributed by atoms with Crippen molar-refractivity contribution in [3.8, 4) is 11.5 Å². The van der Waals surface area contributed by atoms with Crippen molar-refractivity contribution in [2.75, 3.05) is 18.5 Å². The first-order valence-electron chi connectivity index (χ1n) is 11.2. The van der Waals surface area contributed by atoms with Gasteiger partial charge < -0.3 is 14.8 Å². The summed E-state index contributed by atoms with van der Waals surface area (Å²) in [5.41, 5.74) is 3.72. The number of hydrogen-bond donors (Lipinski definition) is 1. The summed E-state index contributed by atoms with van der Waals surface area (Å²) in [5.74, 6) is 1.30. The van der Waals surface area contributed by atoms with E-state index in [0.29, 0.717) is 30.2 Å². The van der Waals surface area contributed by atoms with Gasteiger partial charge in [-0.25, -0.2) is 0 Å². The van der Waals surface area contributed by atoms with Gasteiger partial charge in [-0.05, 0) is 69.5 Å². The third-order valence-corrected chi connectivity index (χ3v) is 5.92. The van der Waals surface area contributed by atoms with Gasteiger partial charge in [-0.2, -0.15) is 0 Å². The molecule has 4 aromatic rings. The molecule has 0 atom stereocenters. The molecule has 0 aliphatic heterocycles. The lowest BCUT2D eigenvalue weighted by molar-refractivity contribution is 0.102. The summed E-state index contributed by atoms with van der Waals surface area (Å²) < 4.78 is 12.4. The zero-order chi connectivity index (χ0) is 23.6. The monoisotopic (exact) mass is 515 g/mol. The van der Waals surface area contributed by atoms with Gasteiger partial charge in [-0.15, -0.1) is 0 Å². The van der Waals surface area contributed by atoms with E-state index >= 15 is 0 Å². The SMILES string of the molecule is O=C(Nc1ccc(OCCc2ccccc2)cc1)c1ccc(OCCc2ccccc2)c(Br)c1. The van der Waals surface area contributed by atoms with Crippen molar-refractivity contribution in [2.45, 2.75) is 12.8 Å². The molecule has 4 aromatic carbocycles. The summed E-state index contributed by atoms with van der Waals surface area (Å²) in [6.45, 7) is 1.16. The van der Waals surface area contributed by atoms with Crippen LogP contribution in [-0.2, 0) is 12.8 Å². The van der Waals surface area contributed by atoms with Crippen molar-refractivity contribution in [3.05, 3.63) is 124 Å². The normalized spacial score (nSPS) is 10.5. The van der Waals surface area contributed by atoms with Crippen LogP contribution in [-0.4, -0.2) is 19.1 Å². The topological polar surface area (TPSA) is 47.6 Å². The summed E-state index contributed by atoms with van der Waals surface area (Å²) >= 11 is 3.52. The molecule has 0 heterocycles. The van der Waals surface area contributed by atoms with Gasteiger partial charge in [0.2, 0.25) is 0 Å². The van der Waals surface area contributed by atoms with E-state index in [2.05, 4.69) is 45.5 Å². The summed E-state index contributed by atoms with van der Waals surface area (Å²) in [6.07, 6.45) is 1.67. The fourth-order valence-electron chi connectivity index (χ4n) is 3.45. The van der Waals surface area contributed by atoms with Crippen LogP contribution in [0.25, 0.3) is 0 Å². The number of halogens is 1. The number of carbonyl (C=O) groups is 1. The Morgan fingerprint density at radius 3 is 1.88 bits per heavy atom. The molecule has 4 nitrogen and oxygen atoms in total. The van der Waals surface area contributed by atoms with Crippen molar-refractivity contribution in [1.29, 1.82) is 0 Å². The third kappa shape index (κ3) is 6.96. The van der Waals surface area contributed by atoms with Crippen LogP contribution in [0.5, 0.6) is 11.5 Å². The first kappa shape index (κ1) is 23.6. The van der Waals surface area contributed by atoms with Crippen LogP contribution in [0.3, 0.4) is 0 Å². The minimum atomic E-state index is -0.186. The van der Waals surface area contributed by atoms with E-state index in [1.807, 2.05) is 66.7 Å². The second-order valence-electron chi connectivity index (χ2n) is 7.79. The number of nitrogens with one attached hydrogen (secondary N) is 1. The first-order chi connectivity index (χ1) is 16.7. The highest BCUT2D eigenvalue weighted by molar-refractivity contribution is 9.10. The Morgan fingerprint density at radius 1 is 0.706 bits per heavy atom. The molecule has 0 bridgehead atoms. The standard InChI is InChI=1S/C29H26BrNO3/c30-27-21-24(11-16-28(27)34-20-18-23-9-5-2-6-10-23)29(32)31-25-12-14-26(15-13-25)33-19-17-22-7-3-1-4-8-22/h1-16,21H,17-20H2,(H,31,32). The Hall–Kier alpha value is -3.57.